The van der Waals surface area contributed by atoms with Crippen LogP contribution in [0.25, 0.3) is 0 Å². The van der Waals surface area contributed by atoms with Crippen LogP contribution in [0.2, 0.25) is 0 Å². The minimum absolute atomic E-state index is 0. The van der Waals surface area contributed by atoms with Gasteiger partial charge in [-0.15, -0.1) is 12.4 Å². The number of benzene rings is 2. The van der Waals surface area contributed by atoms with Crippen molar-refractivity contribution in [1.82, 2.24) is 10.2 Å². The maximum absolute atomic E-state index is 12.9. The average Bonchev–Trinajstić information content (AvgIpc) is 3.08. The number of halogens is 1. The summed E-state index contributed by atoms with van der Waals surface area (Å²) in [4.78, 5) is 38.4. The van der Waals surface area contributed by atoms with Crippen LogP contribution < -0.4 is 10.1 Å². The second kappa shape index (κ2) is 10.1. The zero-order valence-electron chi connectivity index (χ0n) is 17.6. The van der Waals surface area contributed by atoms with Crippen LogP contribution in [0, 0.1) is 0 Å². The van der Waals surface area contributed by atoms with Gasteiger partial charge < -0.3 is 15.0 Å². The summed E-state index contributed by atoms with van der Waals surface area (Å²) in [5.74, 6) is 0.309. The van der Waals surface area contributed by atoms with Crippen molar-refractivity contribution in [3.05, 3.63) is 64.7 Å². The van der Waals surface area contributed by atoms with Gasteiger partial charge in [-0.3, -0.25) is 14.4 Å². The molecule has 0 aromatic heterocycles. The largest absolute Gasteiger partial charge is 0.489 e. The minimum atomic E-state index is -0.514. The van der Waals surface area contributed by atoms with Crippen LogP contribution in [0.3, 0.4) is 0 Å². The maximum atomic E-state index is 12.9. The summed E-state index contributed by atoms with van der Waals surface area (Å²) in [5.41, 5.74) is 3.67. The van der Waals surface area contributed by atoms with E-state index in [1.54, 1.807) is 17.0 Å². The van der Waals surface area contributed by atoms with E-state index in [1.165, 1.54) is 5.56 Å². The highest BCUT2D eigenvalue weighted by Crippen LogP contribution is 2.34. The van der Waals surface area contributed by atoms with Crippen molar-refractivity contribution in [3.8, 4) is 5.75 Å². The predicted octanol–water partition coefficient (Wildman–Crippen LogP) is 3.44. The molecular formula is C24H27ClN2O4. The van der Waals surface area contributed by atoms with Gasteiger partial charge in [-0.05, 0) is 36.2 Å². The van der Waals surface area contributed by atoms with E-state index < -0.39 is 6.04 Å². The lowest BCUT2D eigenvalue weighted by molar-refractivity contribution is -0.133. The third kappa shape index (κ3) is 4.97. The van der Waals surface area contributed by atoms with Crippen molar-refractivity contribution in [2.45, 2.75) is 51.9 Å². The Balaban J connectivity index is 0.00000272. The van der Waals surface area contributed by atoms with E-state index in [0.29, 0.717) is 37.3 Å². The molecule has 1 fully saturated rings. The molecule has 1 aliphatic heterocycles. The van der Waals surface area contributed by atoms with E-state index in [-0.39, 0.29) is 36.3 Å². The SMILES string of the molecule is CCNCc1ccc(COc2cccc3c2CN(C2CCC(=O)CC2=O)C3=O)cc1.Cl. The molecule has 2 aromatic rings. The van der Waals surface area contributed by atoms with E-state index in [1.807, 2.05) is 18.2 Å². The van der Waals surface area contributed by atoms with Gasteiger partial charge in [0.1, 0.15) is 18.1 Å². The molecule has 1 N–H and O–H groups in total. The summed E-state index contributed by atoms with van der Waals surface area (Å²) < 4.78 is 6.05. The first-order valence-corrected chi connectivity index (χ1v) is 10.5. The quantitative estimate of drug-likeness (QED) is 0.665. The number of hydrogen-bond donors (Lipinski definition) is 1. The zero-order chi connectivity index (χ0) is 21.1. The van der Waals surface area contributed by atoms with Gasteiger partial charge >= 0.3 is 0 Å². The summed E-state index contributed by atoms with van der Waals surface area (Å²) >= 11 is 0. The zero-order valence-corrected chi connectivity index (χ0v) is 18.4. The molecule has 6 nitrogen and oxygen atoms in total. The second-order valence-electron chi connectivity index (χ2n) is 7.84. The number of nitrogens with one attached hydrogen (secondary N) is 1. The van der Waals surface area contributed by atoms with Gasteiger partial charge in [0.05, 0.1) is 19.0 Å². The lowest BCUT2D eigenvalue weighted by Gasteiger charge is -2.29. The number of fused-ring (bicyclic) bond motifs is 1. The van der Waals surface area contributed by atoms with Crippen LogP contribution in [-0.4, -0.2) is 35.0 Å². The number of rotatable bonds is 7. The van der Waals surface area contributed by atoms with Crippen molar-refractivity contribution in [2.24, 2.45) is 0 Å². The Labute approximate surface area is 188 Å². The number of Topliss-reactive ketones (excluding diaryl/α,β-unsaturated/α-hetero) is 2. The molecule has 2 aliphatic rings. The van der Waals surface area contributed by atoms with Gasteiger partial charge in [0.15, 0.2) is 5.78 Å². The second-order valence-corrected chi connectivity index (χ2v) is 7.84. The molecule has 0 bridgehead atoms. The molecule has 31 heavy (non-hydrogen) atoms. The number of nitrogens with zero attached hydrogens (tertiary/aromatic N) is 1. The molecule has 164 valence electrons. The van der Waals surface area contributed by atoms with Crippen molar-refractivity contribution in [2.75, 3.05) is 6.54 Å². The molecule has 1 amide bonds. The van der Waals surface area contributed by atoms with Crippen molar-refractivity contribution in [3.63, 3.8) is 0 Å². The highest BCUT2D eigenvalue weighted by atomic mass is 35.5. The van der Waals surface area contributed by atoms with Gasteiger partial charge in [-0.1, -0.05) is 37.3 Å². The minimum Gasteiger partial charge on any atom is -0.489 e. The monoisotopic (exact) mass is 442 g/mol. The molecule has 1 atom stereocenters. The van der Waals surface area contributed by atoms with Crippen molar-refractivity contribution in [1.29, 1.82) is 0 Å². The summed E-state index contributed by atoms with van der Waals surface area (Å²) in [5, 5.41) is 3.30. The van der Waals surface area contributed by atoms with Gasteiger partial charge in [0, 0.05) is 24.1 Å². The normalized spacial score (nSPS) is 18.0. The van der Waals surface area contributed by atoms with Crippen LogP contribution in [-0.2, 0) is 29.3 Å². The van der Waals surface area contributed by atoms with Crippen LogP contribution in [0.4, 0.5) is 0 Å². The van der Waals surface area contributed by atoms with Gasteiger partial charge in [-0.25, -0.2) is 0 Å². The predicted molar refractivity (Wildman–Crippen MR) is 119 cm³/mol. The summed E-state index contributed by atoms with van der Waals surface area (Å²) in [6, 6.07) is 13.2. The lowest BCUT2D eigenvalue weighted by atomic mass is 9.92. The first kappa shape index (κ1) is 23.0. The maximum Gasteiger partial charge on any atom is 0.255 e. The van der Waals surface area contributed by atoms with Crippen LogP contribution in [0.15, 0.2) is 42.5 Å². The molecule has 7 heteroatoms. The van der Waals surface area contributed by atoms with Gasteiger partial charge in [0.25, 0.3) is 5.91 Å². The topological polar surface area (TPSA) is 75.7 Å². The number of hydrogen-bond acceptors (Lipinski definition) is 5. The number of amides is 1. The fraction of sp³-hybridized carbons (Fsp3) is 0.375. The molecule has 4 rings (SSSR count). The van der Waals surface area contributed by atoms with Gasteiger partial charge in [0.2, 0.25) is 0 Å². The number of ether oxygens (including phenoxy) is 1. The van der Waals surface area contributed by atoms with Crippen LogP contribution >= 0.6 is 12.4 Å². The molecule has 1 unspecified atom stereocenters. The van der Waals surface area contributed by atoms with E-state index >= 15 is 0 Å². The number of carbonyl (C=O) groups is 3. The van der Waals surface area contributed by atoms with Crippen LogP contribution in [0.5, 0.6) is 5.75 Å². The summed E-state index contributed by atoms with van der Waals surface area (Å²) in [6.07, 6.45) is 0.689. The lowest BCUT2D eigenvalue weighted by Crippen LogP contribution is -2.44. The molecule has 0 saturated heterocycles. The Morgan fingerprint density at radius 3 is 2.52 bits per heavy atom. The van der Waals surface area contributed by atoms with E-state index in [9.17, 15) is 14.4 Å². The van der Waals surface area contributed by atoms with Crippen molar-refractivity contribution < 1.29 is 19.1 Å². The summed E-state index contributed by atoms with van der Waals surface area (Å²) in [7, 11) is 0. The molecular weight excluding hydrogens is 416 g/mol. The van der Waals surface area contributed by atoms with Crippen molar-refractivity contribution >= 4 is 29.9 Å². The first-order chi connectivity index (χ1) is 14.6. The highest BCUT2D eigenvalue weighted by molar-refractivity contribution is 6.07. The highest BCUT2D eigenvalue weighted by Gasteiger charge is 2.39. The molecule has 0 spiro atoms. The Morgan fingerprint density at radius 1 is 1.06 bits per heavy atom. The molecule has 0 radical (unpaired) electrons. The van der Waals surface area contributed by atoms with E-state index in [4.69, 9.17) is 4.74 Å². The van der Waals surface area contributed by atoms with Crippen LogP contribution in [0.1, 0.15) is 53.2 Å². The Kier molecular flexibility index (Phi) is 7.46. The average molecular weight is 443 g/mol. The van der Waals surface area contributed by atoms with E-state index in [0.717, 1.165) is 24.2 Å². The van der Waals surface area contributed by atoms with Gasteiger partial charge in [-0.2, -0.15) is 0 Å². The Bertz CT molecular complexity index is 974. The standard InChI is InChI=1S/C24H26N2O4.ClH/c1-2-25-13-16-6-8-17(9-7-16)15-30-23-5-3-4-19-20(23)14-26(24(19)29)21-11-10-18(27)12-22(21)28;/h3-9,21,25H,2,10-15H2,1H3;1H. The molecule has 2 aromatic carbocycles. The Hall–Kier alpha value is -2.70. The molecule has 1 aliphatic carbocycles. The third-order valence-corrected chi connectivity index (χ3v) is 5.77. The third-order valence-electron chi connectivity index (χ3n) is 5.77. The first-order valence-electron chi connectivity index (χ1n) is 10.5. The summed E-state index contributed by atoms with van der Waals surface area (Å²) in [6.45, 7) is 4.60. The fourth-order valence-corrected chi connectivity index (χ4v) is 4.09. The molecule has 1 heterocycles. The number of ketones is 2. The molecule has 1 saturated carbocycles. The number of carbonyl (C=O) groups excluding carboxylic acids is 3. The van der Waals surface area contributed by atoms with E-state index in [2.05, 4.69) is 24.4 Å². The Morgan fingerprint density at radius 2 is 1.81 bits per heavy atom. The fourth-order valence-electron chi connectivity index (χ4n) is 4.09. The smallest absolute Gasteiger partial charge is 0.255 e.